The summed E-state index contributed by atoms with van der Waals surface area (Å²) in [6.07, 6.45) is 1.59. The number of sulfonamides is 1. The summed E-state index contributed by atoms with van der Waals surface area (Å²) in [4.78, 5) is 11.5. The summed E-state index contributed by atoms with van der Waals surface area (Å²) >= 11 is 0. The minimum atomic E-state index is -3.17. The molecule has 1 amide bonds. The molecule has 8 heteroatoms. The Morgan fingerprint density at radius 1 is 1.39 bits per heavy atom. The number of carbonyl (C=O) groups is 1. The van der Waals surface area contributed by atoms with E-state index < -0.39 is 10.0 Å². The molecule has 0 aliphatic rings. The lowest BCUT2D eigenvalue weighted by Crippen LogP contribution is -2.29. The van der Waals surface area contributed by atoms with Gasteiger partial charge in [0.15, 0.2) is 5.76 Å². The number of nitrogens with two attached hydrogens (primary N) is 1. The highest BCUT2D eigenvalue weighted by Crippen LogP contribution is 2.06. The van der Waals surface area contributed by atoms with E-state index in [9.17, 15) is 13.2 Å². The third kappa shape index (κ3) is 5.30. The van der Waals surface area contributed by atoms with Crippen LogP contribution in [0.25, 0.3) is 0 Å². The van der Waals surface area contributed by atoms with E-state index in [1.807, 2.05) is 0 Å². The molecule has 1 aromatic heterocycles. The molecular weight excluding hydrogens is 258 g/mol. The van der Waals surface area contributed by atoms with Crippen molar-refractivity contribution >= 4 is 15.9 Å². The summed E-state index contributed by atoms with van der Waals surface area (Å²) in [7, 11) is -3.17. The number of rotatable bonds is 7. The van der Waals surface area contributed by atoms with Crippen molar-refractivity contribution in [3.8, 4) is 0 Å². The predicted octanol–water partition coefficient (Wildman–Crippen LogP) is -0.593. The van der Waals surface area contributed by atoms with Gasteiger partial charge in [0.05, 0.1) is 12.8 Å². The lowest BCUT2D eigenvalue weighted by molar-refractivity contribution is 0.0924. The SMILES string of the molecule is CS(=O)(=O)NCCCNC(=O)c1ccc(CN)o1. The van der Waals surface area contributed by atoms with E-state index >= 15 is 0 Å². The molecule has 0 aromatic carbocycles. The molecule has 0 atom stereocenters. The Morgan fingerprint density at radius 2 is 2.11 bits per heavy atom. The number of nitrogens with one attached hydrogen (secondary N) is 2. The van der Waals surface area contributed by atoms with E-state index in [2.05, 4.69) is 10.0 Å². The van der Waals surface area contributed by atoms with Crippen LogP contribution in [0.1, 0.15) is 22.7 Å². The standard InChI is InChI=1S/C10H17N3O4S/c1-18(15,16)13-6-2-5-12-10(14)9-4-3-8(7-11)17-9/h3-4,13H,2,5-7,11H2,1H3,(H,12,14). The molecule has 102 valence electrons. The Labute approximate surface area is 106 Å². The van der Waals surface area contributed by atoms with Crippen LogP contribution >= 0.6 is 0 Å². The van der Waals surface area contributed by atoms with Crippen LogP contribution in [0.15, 0.2) is 16.5 Å². The van der Waals surface area contributed by atoms with Crippen molar-refractivity contribution in [1.82, 2.24) is 10.0 Å². The molecule has 0 aliphatic carbocycles. The molecule has 0 saturated heterocycles. The van der Waals surface area contributed by atoms with Crippen molar-refractivity contribution < 1.29 is 17.6 Å². The van der Waals surface area contributed by atoms with Gasteiger partial charge >= 0.3 is 0 Å². The van der Waals surface area contributed by atoms with Crippen LogP contribution in [0.2, 0.25) is 0 Å². The van der Waals surface area contributed by atoms with Gasteiger partial charge in [-0.2, -0.15) is 0 Å². The maximum absolute atomic E-state index is 11.5. The van der Waals surface area contributed by atoms with Gasteiger partial charge in [0.1, 0.15) is 5.76 Å². The van der Waals surface area contributed by atoms with Crippen LogP contribution in [-0.2, 0) is 16.6 Å². The van der Waals surface area contributed by atoms with Gasteiger partial charge in [0.25, 0.3) is 5.91 Å². The molecule has 0 unspecified atom stereocenters. The summed E-state index contributed by atoms with van der Waals surface area (Å²) in [5, 5.41) is 2.61. The molecule has 1 aromatic rings. The third-order valence-electron chi connectivity index (χ3n) is 2.09. The van der Waals surface area contributed by atoms with E-state index in [1.165, 1.54) is 0 Å². The molecule has 4 N–H and O–H groups in total. The van der Waals surface area contributed by atoms with Gasteiger partial charge in [-0.25, -0.2) is 13.1 Å². The molecule has 0 aliphatic heterocycles. The number of hydrogen-bond donors (Lipinski definition) is 3. The molecule has 0 bridgehead atoms. The third-order valence-corrected chi connectivity index (χ3v) is 2.82. The lowest BCUT2D eigenvalue weighted by Gasteiger charge is -2.03. The quantitative estimate of drug-likeness (QED) is 0.575. The Kier molecular flexibility index (Phi) is 5.32. The molecule has 0 fully saturated rings. The van der Waals surface area contributed by atoms with E-state index in [1.54, 1.807) is 12.1 Å². The zero-order valence-corrected chi connectivity index (χ0v) is 10.9. The van der Waals surface area contributed by atoms with E-state index in [-0.39, 0.29) is 24.8 Å². The molecule has 18 heavy (non-hydrogen) atoms. The first-order valence-electron chi connectivity index (χ1n) is 5.44. The van der Waals surface area contributed by atoms with E-state index in [0.29, 0.717) is 18.7 Å². The van der Waals surface area contributed by atoms with Crippen molar-refractivity contribution in [2.24, 2.45) is 5.73 Å². The molecule has 0 saturated carbocycles. The molecule has 1 heterocycles. The topological polar surface area (TPSA) is 114 Å². The van der Waals surface area contributed by atoms with Crippen LogP contribution in [0.3, 0.4) is 0 Å². The second-order valence-corrected chi connectivity index (χ2v) is 5.58. The summed E-state index contributed by atoms with van der Waals surface area (Å²) < 4.78 is 29.0. The van der Waals surface area contributed by atoms with Gasteiger partial charge in [-0.15, -0.1) is 0 Å². The summed E-state index contributed by atoms with van der Waals surface area (Å²) in [5.74, 6) is 0.402. The van der Waals surface area contributed by atoms with Gasteiger partial charge in [0.2, 0.25) is 10.0 Å². The first kappa shape index (κ1) is 14.7. The average molecular weight is 275 g/mol. The van der Waals surface area contributed by atoms with Gasteiger partial charge < -0.3 is 15.5 Å². The highest BCUT2D eigenvalue weighted by Gasteiger charge is 2.09. The Balaban J connectivity index is 2.25. The first-order valence-corrected chi connectivity index (χ1v) is 7.33. The number of carbonyl (C=O) groups excluding carboxylic acids is 1. The zero-order chi connectivity index (χ0) is 13.6. The Hall–Kier alpha value is -1.38. The van der Waals surface area contributed by atoms with Crippen LogP contribution in [0.4, 0.5) is 0 Å². The Morgan fingerprint density at radius 3 is 2.67 bits per heavy atom. The highest BCUT2D eigenvalue weighted by molar-refractivity contribution is 7.88. The van der Waals surface area contributed by atoms with E-state index in [4.69, 9.17) is 10.2 Å². The van der Waals surface area contributed by atoms with Crippen molar-refractivity contribution in [2.75, 3.05) is 19.3 Å². The van der Waals surface area contributed by atoms with Crippen molar-refractivity contribution in [3.05, 3.63) is 23.7 Å². The predicted molar refractivity (Wildman–Crippen MR) is 66.4 cm³/mol. The molecular formula is C10H17N3O4S. The second kappa shape index (κ2) is 6.53. The van der Waals surface area contributed by atoms with Crippen LogP contribution in [0, 0.1) is 0 Å². The van der Waals surface area contributed by atoms with Crippen molar-refractivity contribution in [2.45, 2.75) is 13.0 Å². The molecule has 0 spiro atoms. The fourth-order valence-corrected chi connectivity index (χ4v) is 1.76. The molecule has 1 rings (SSSR count). The largest absolute Gasteiger partial charge is 0.455 e. The maximum atomic E-state index is 11.5. The van der Waals surface area contributed by atoms with Gasteiger partial charge in [-0.1, -0.05) is 0 Å². The molecule has 0 radical (unpaired) electrons. The van der Waals surface area contributed by atoms with Gasteiger partial charge in [-0.3, -0.25) is 4.79 Å². The fourth-order valence-electron chi connectivity index (χ4n) is 1.24. The second-order valence-electron chi connectivity index (χ2n) is 3.75. The van der Waals surface area contributed by atoms with Gasteiger partial charge in [-0.05, 0) is 18.6 Å². The average Bonchev–Trinajstić information content (AvgIpc) is 2.75. The number of furan rings is 1. The number of hydrogen-bond acceptors (Lipinski definition) is 5. The minimum absolute atomic E-state index is 0.200. The highest BCUT2D eigenvalue weighted by atomic mass is 32.2. The maximum Gasteiger partial charge on any atom is 0.286 e. The number of amides is 1. The summed E-state index contributed by atoms with van der Waals surface area (Å²) in [5.41, 5.74) is 5.35. The summed E-state index contributed by atoms with van der Waals surface area (Å²) in [6, 6.07) is 3.19. The monoisotopic (exact) mass is 275 g/mol. The lowest BCUT2D eigenvalue weighted by atomic mass is 10.4. The summed E-state index contributed by atoms with van der Waals surface area (Å²) in [6.45, 7) is 0.886. The Bertz CT molecular complexity index is 495. The van der Waals surface area contributed by atoms with Crippen molar-refractivity contribution in [3.63, 3.8) is 0 Å². The van der Waals surface area contributed by atoms with E-state index in [0.717, 1.165) is 6.26 Å². The smallest absolute Gasteiger partial charge is 0.286 e. The van der Waals surface area contributed by atoms with Crippen LogP contribution < -0.4 is 15.8 Å². The van der Waals surface area contributed by atoms with Gasteiger partial charge in [0, 0.05) is 13.1 Å². The van der Waals surface area contributed by atoms with Crippen molar-refractivity contribution in [1.29, 1.82) is 0 Å². The zero-order valence-electron chi connectivity index (χ0n) is 10.1. The van der Waals surface area contributed by atoms with Crippen LogP contribution in [0.5, 0.6) is 0 Å². The first-order chi connectivity index (χ1) is 8.42. The van der Waals surface area contributed by atoms with Crippen LogP contribution in [-0.4, -0.2) is 33.7 Å². The minimum Gasteiger partial charge on any atom is -0.455 e. The molecule has 7 nitrogen and oxygen atoms in total. The fraction of sp³-hybridized carbons (Fsp3) is 0.500. The normalized spacial score (nSPS) is 11.4.